The Morgan fingerprint density at radius 3 is 3.13 bits per heavy atom. The van der Waals surface area contributed by atoms with E-state index in [0.717, 1.165) is 23.8 Å². The van der Waals surface area contributed by atoms with Crippen molar-refractivity contribution in [2.75, 3.05) is 6.54 Å². The molecule has 0 bridgehead atoms. The maximum absolute atomic E-state index is 12.8. The molecule has 0 aromatic carbocycles. The van der Waals surface area contributed by atoms with Crippen molar-refractivity contribution in [2.24, 2.45) is 5.92 Å². The number of thiophene rings is 1. The minimum Gasteiger partial charge on any atom is -0.333 e. The van der Waals surface area contributed by atoms with E-state index < -0.39 is 0 Å². The Morgan fingerprint density at radius 1 is 1.39 bits per heavy atom. The molecule has 8 heteroatoms. The van der Waals surface area contributed by atoms with Crippen LogP contribution in [0.15, 0.2) is 42.6 Å². The topological polar surface area (TPSA) is 68.8 Å². The largest absolute Gasteiger partial charge is 0.333 e. The Bertz CT molecular complexity index is 779. The van der Waals surface area contributed by atoms with E-state index in [-0.39, 0.29) is 11.8 Å². The first-order valence-corrected chi connectivity index (χ1v) is 8.33. The van der Waals surface area contributed by atoms with E-state index >= 15 is 0 Å². The van der Waals surface area contributed by atoms with Crippen molar-refractivity contribution in [1.29, 1.82) is 0 Å². The lowest BCUT2D eigenvalue weighted by molar-refractivity contribution is 0.0717. The first-order valence-electron chi connectivity index (χ1n) is 7.45. The Hall–Kier alpha value is -2.48. The minimum absolute atomic E-state index is 0.0695. The molecule has 1 unspecified atom stereocenters. The Morgan fingerprint density at radius 2 is 2.35 bits per heavy atom. The summed E-state index contributed by atoms with van der Waals surface area (Å²) in [7, 11) is 0. The van der Waals surface area contributed by atoms with E-state index in [1.54, 1.807) is 12.5 Å². The van der Waals surface area contributed by atoms with Gasteiger partial charge >= 0.3 is 0 Å². The van der Waals surface area contributed by atoms with E-state index in [0.29, 0.717) is 13.1 Å². The summed E-state index contributed by atoms with van der Waals surface area (Å²) in [6.07, 6.45) is 7.02. The second kappa shape index (κ2) is 5.96. The van der Waals surface area contributed by atoms with Crippen LogP contribution in [0.1, 0.15) is 15.5 Å². The van der Waals surface area contributed by atoms with E-state index in [2.05, 4.69) is 19.6 Å². The van der Waals surface area contributed by atoms with Crippen molar-refractivity contribution in [3.8, 4) is 0 Å². The van der Waals surface area contributed by atoms with Crippen LogP contribution in [0.2, 0.25) is 0 Å². The van der Waals surface area contributed by atoms with Crippen molar-refractivity contribution in [2.45, 2.75) is 19.6 Å². The van der Waals surface area contributed by atoms with Crippen LogP contribution in [-0.2, 0) is 19.6 Å². The molecule has 0 saturated carbocycles. The quantitative estimate of drug-likeness (QED) is 0.731. The predicted octanol–water partition coefficient (Wildman–Crippen LogP) is 1.51. The number of amides is 1. The molecule has 4 heterocycles. The fourth-order valence-corrected chi connectivity index (χ4v) is 3.65. The molecule has 0 saturated heterocycles. The molecule has 3 aromatic rings. The maximum Gasteiger partial charge on any atom is 0.264 e. The number of carbonyl (C=O) groups excluding carboxylic acids is 1. The molecule has 7 nitrogen and oxygen atoms in total. The van der Waals surface area contributed by atoms with Crippen molar-refractivity contribution in [1.82, 2.24) is 29.2 Å². The molecule has 1 aliphatic heterocycles. The standard InChI is InChI=1S/C15H16N6OS/c22-15(13-2-1-5-23-13)20-7-12(8-21-11-16-10-18-21)6-19-4-3-17-14(19)9-20/h1-5,10-12H,6-9H2. The van der Waals surface area contributed by atoms with Crippen LogP contribution in [0.25, 0.3) is 0 Å². The summed E-state index contributed by atoms with van der Waals surface area (Å²) in [6, 6.07) is 3.78. The molecule has 4 rings (SSSR count). The fourth-order valence-electron chi connectivity index (χ4n) is 2.96. The minimum atomic E-state index is 0.0695. The summed E-state index contributed by atoms with van der Waals surface area (Å²) in [5.74, 6) is 1.26. The van der Waals surface area contributed by atoms with Gasteiger partial charge in [0.15, 0.2) is 0 Å². The number of hydrogen-bond acceptors (Lipinski definition) is 5. The van der Waals surface area contributed by atoms with Gasteiger partial charge in [0.2, 0.25) is 0 Å². The fraction of sp³-hybridized carbons (Fsp3) is 0.333. The lowest BCUT2D eigenvalue weighted by atomic mass is 10.1. The lowest BCUT2D eigenvalue weighted by Crippen LogP contribution is -2.35. The van der Waals surface area contributed by atoms with Crippen LogP contribution >= 0.6 is 11.3 Å². The van der Waals surface area contributed by atoms with Gasteiger partial charge in [0.05, 0.1) is 11.4 Å². The third-order valence-corrected chi connectivity index (χ3v) is 4.86. The van der Waals surface area contributed by atoms with Gasteiger partial charge in [0, 0.05) is 37.9 Å². The number of imidazole rings is 1. The monoisotopic (exact) mass is 328 g/mol. The lowest BCUT2D eigenvalue weighted by Gasteiger charge is -2.23. The SMILES string of the molecule is O=C(c1cccs1)N1Cc2nccn2CC(Cn2cncn2)C1. The van der Waals surface area contributed by atoms with E-state index in [1.807, 2.05) is 33.3 Å². The van der Waals surface area contributed by atoms with Crippen LogP contribution in [0.5, 0.6) is 0 Å². The van der Waals surface area contributed by atoms with Gasteiger partial charge in [-0.2, -0.15) is 5.10 Å². The molecule has 1 atom stereocenters. The molecule has 1 amide bonds. The number of aromatic nitrogens is 5. The zero-order valence-corrected chi connectivity index (χ0v) is 13.3. The first kappa shape index (κ1) is 14.1. The molecule has 118 valence electrons. The van der Waals surface area contributed by atoms with Gasteiger partial charge in [-0.25, -0.2) is 9.97 Å². The molecule has 0 fully saturated rings. The third kappa shape index (κ3) is 2.89. The highest BCUT2D eigenvalue weighted by Crippen LogP contribution is 2.20. The third-order valence-electron chi connectivity index (χ3n) is 4.00. The first-order chi connectivity index (χ1) is 11.3. The average Bonchev–Trinajstić information content (AvgIpc) is 3.28. The number of fused-ring (bicyclic) bond motifs is 1. The Balaban J connectivity index is 1.60. The second-order valence-corrected chi connectivity index (χ2v) is 6.59. The highest BCUT2D eigenvalue weighted by Gasteiger charge is 2.27. The van der Waals surface area contributed by atoms with Crippen LogP contribution in [0, 0.1) is 5.92 Å². The summed E-state index contributed by atoms with van der Waals surface area (Å²) in [5.41, 5.74) is 0. The van der Waals surface area contributed by atoms with Crippen molar-refractivity contribution in [3.63, 3.8) is 0 Å². The van der Waals surface area contributed by atoms with E-state index in [1.165, 1.54) is 17.7 Å². The van der Waals surface area contributed by atoms with Gasteiger partial charge in [0.1, 0.15) is 18.5 Å². The predicted molar refractivity (Wildman–Crippen MR) is 84.8 cm³/mol. The molecule has 1 aliphatic rings. The highest BCUT2D eigenvalue weighted by molar-refractivity contribution is 7.12. The summed E-state index contributed by atoms with van der Waals surface area (Å²) in [5, 5.41) is 6.11. The van der Waals surface area contributed by atoms with Crippen LogP contribution < -0.4 is 0 Å². The molecule has 0 radical (unpaired) electrons. The molecular formula is C15H16N6OS. The Labute approximate surface area is 137 Å². The summed E-state index contributed by atoms with van der Waals surface area (Å²) >= 11 is 1.48. The van der Waals surface area contributed by atoms with Gasteiger partial charge in [-0.3, -0.25) is 9.48 Å². The molecule has 0 aliphatic carbocycles. The molecule has 3 aromatic heterocycles. The van der Waals surface area contributed by atoms with E-state index in [4.69, 9.17) is 0 Å². The number of rotatable bonds is 3. The number of hydrogen-bond donors (Lipinski definition) is 0. The van der Waals surface area contributed by atoms with Gasteiger partial charge in [0.25, 0.3) is 5.91 Å². The van der Waals surface area contributed by atoms with Crippen LogP contribution in [-0.4, -0.2) is 41.7 Å². The molecular weight excluding hydrogens is 312 g/mol. The second-order valence-electron chi connectivity index (χ2n) is 5.64. The number of nitrogens with zero attached hydrogens (tertiary/aromatic N) is 6. The van der Waals surface area contributed by atoms with Crippen LogP contribution in [0.4, 0.5) is 0 Å². The number of carbonyl (C=O) groups is 1. The summed E-state index contributed by atoms with van der Waals surface area (Å²) in [6.45, 7) is 2.77. The van der Waals surface area contributed by atoms with Gasteiger partial charge in [-0.1, -0.05) is 6.07 Å². The molecule has 23 heavy (non-hydrogen) atoms. The zero-order valence-electron chi connectivity index (χ0n) is 12.4. The zero-order chi connectivity index (χ0) is 15.6. The van der Waals surface area contributed by atoms with Gasteiger partial charge in [-0.05, 0) is 11.4 Å². The highest BCUT2D eigenvalue weighted by atomic mass is 32.1. The van der Waals surface area contributed by atoms with Crippen molar-refractivity contribution in [3.05, 3.63) is 53.3 Å². The van der Waals surface area contributed by atoms with Gasteiger partial charge in [-0.15, -0.1) is 11.3 Å². The normalized spacial score (nSPS) is 17.7. The van der Waals surface area contributed by atoms with Crippen molar-refractivity contribution < 1.29 is 4.79 Å². The van der Waals surface area contributed by atoms with E-state index in [9.17, 15) is 4.79 Å². The molecule has 0 spiro atoms. The smallest absolute Gasteiger partial charge is 0.264 e. The average molecular weight is 328 g/mol. The maximum atomic E-state index is 12.8. The summed E-state index contributed by atoms with van der Waals surface area (Å²) in [4.78, 5) is 23.8. The van der Waals surface area contributed by atoms with Crippen molar-refractivity contribution >= 4 is 17.2 Å². The van der Waals surface area contributed by atoms with Gasteiger partial charge < -0.3 is 9.47 Å². The summed E-state index contributed by atoms with van der Waals surface area (Å²) < 4.78 is 3.95. The molecule has 0 N–H and O–H groups in total. The Kier molecular flexibility index (Phi) is 3.66. The van der Waals surface area contributed by atoms with Crippen LogP contribution in [0.3, 0.4) is 0 Å².